The average molecular weight is 444 g/mol. The molecule has 2 saturated carbocycles. The van der Waals surface area contributed by atoms with Crippen molar-refractivity contribution in [2.24, 2.45) is 10.8 Å². The van der Waals surface area contributed by atoms with Gasteiger partial charge in [0.15, 0.2) is 0 Å². The molecular formula is C28H33N3O2. The van der Waals surface area contributed by atoms with E-state index < -0.39 is 11.4 Å². The summed E-state index contributed by atoms with van der Waals surface area (Å²) in [4.78, 5) is 14.0. The second-order valence-corrected chi connectivity index (χ2v) is 10.6. The highest BCUT2D eigenvalue weighted by Gasteiger charge is 2.52. The monoisotopic (exact) mass is 443 g/mol. The Morgan fingerprint density at radius 3 is 2.52 bits per heavy atom. The lowest BCUT2D eigenvalue weighted by molar-refractivity contribution is -0.144. The summed E-state index contributed by atoms with van der Waals surface area (Å²) in [6.07, 6.45) is 5.88. The number of carbonyl (C=O) groups is 1. The maximum atomic E-state index is 11.7. The van der Waals surface area contributed by atoms with E-state index in [0.29, 0.717) is 18.5 Å². The molecule has 5 nitrogen and oxygen atoms in total. The van der Waals surface area contributed by atoms with Gasteiger partial charge in [-0.25, -0.2) is 0 Å². The van der Waals surface area contributed by atoms with Crippen LogP contribution in [0.1, 0.15) is 54.7 Å². The largest absolute Gasteiger partial charge is 0.481 e. The minimum atomic E-state index is -0.630. The molecule has 33 heavy (non-hydrogen) atoms. The molecule has 5 rings (SSSR count). The smallest absolute Gasteiger partial charge is 0.310 e. The van der Waals surface area contributed by atoms with Gasteiger partial charge in [0.1, 0.15) is 0 Å². The van der Waals surface area contributed by atoms with Crippen molar-refractivity contribution in [3.63, 3.8) is 0 Å². The molecule has 0 radical (unpaired) electrons. The fourth-order valence-electron chi connectivity index (χ4n) is 5.64. The average Bonchev–Trinajstić information content (AvgIpc) is 3.76. The molecule has 1 aliphatic heterocycles. The quantitative estimate of drug-likeness (QED) is 0.608. The molecule has 2 atom stereocenters. The minimum Gasteiger partial charge on any atom is -0.481 e. The highest BCUT2D eigenvalue weighted by molar-refractivity contribution is 5.78. The molecule has 2 aliphatic carbocycles. The highest BCUT2D eigenvalue weighted by Crippen LogP contribution is 2.48. The van der Waals surface area contributed by atoms with E-state index in [-0.39, 0.29) is 5.41 Å². The maximum Gasteiger partial charge on any atom is 0.310 e. The van der Waals surface area contributed by atoms with E-state index in [9.17, 15) is 15.2 Å². The van der Waals surface area contributed by atoms with Gasteiger partial charge in [-0.05, 0) is 80.3 Å². The number of carboxylic acids is 1. The maximum absolute atomic E-state index is 11.7. The second kappa shape index (κ2) is 8.93. The van der Waals surface area contributed by atoms with Crippen molar-refractivity contribution in [3.05, 3.63) is 71.3 Å². The summed E-state index contributed by atoms with van der Waals surface area (Å²) in [6.45, 7) is 3.55. The van der Waals surface area contributed by atoms with Crippen LogP contribution in [0.15, 0.2) is 54.6 Å². The summed E-state index contributed by atoms with van der Waals surface area (Å²) in [5.74, 6) is -0.0226. The number of aliphatic carboxylic acids is 1. The van der Waals surface area contributed by atoms with Gasteiger partial charge in [-0.2, -0.15) is 5.26 Å². The van der Waals surface area contributed by atoms with Gasteiger partial charge in [-0.1, -0.05) is 42.5 Å². The van der Waals surface area contributed by atoms with Gasteiger partial charge >= 0.3 is 5.97 Å². The molecule has 2 aromatic rings. The zero-order chi connectivity index (χ0) is 22.9. The first kappa shape index (κ1) is 22.1. The summed E-state index contributed by atoms with van der Waals surface area (Å²) in [7, 11) is 0. The lowest BCUT2D eigenvalue weighted by Gasteiger charge is -2.43. The lowest BCUT2D eigenvalue weighted by Crippen LogP contribution is -2.48. The van der Waals surface area contributed by atoms with E-state index in [4.69, 9.17) is 0 Å². The van der Waals surface area contributed by atoms with Crippen molar-refractivity contribution in [2.45, 2.75) is 50.5 Å². The van der Waals surface area contributed by atoms with E-state index >= 15 is 0 Å². The first-order valence-corrected chi connectivity index (χ1v) is 12.2. The van der Waals surface area contributed by atoms with E-state index in [1.165, 1.54) is 17.5 Å². The molecule has 3 fully saturated rings. The second-order valence-electron chi connectivity index (χ2n) is 10.6. The molecule has 172 valence electrons. The molecular weight excluding hydrogens is 410 g/mol. The SMILES string of the molecule is N#Cc1cccc(CC2(CN[C@@H]3CC3c3ccccc3)CCN(CC3(C(=O)O)CC3)CC2)c1. The number of hydrogen-bond acceptors (Lipinski definition) is 4. The van der Waals surface area contributed by atoms with Gasteiger partial charge in [0.25, 0.3) is 0 Å². The van der Waals surface area contributed by atoms with Crippen molar-refractivity contribution in [3.8, 4) is 6.07 Å². The van der Waals surface area contributed by atoms with Gasteiger partial charge in [-0.15, -0.1) is 0 Å². The number of benzene rings is 2. The standard InChI is InChI=1S/C28H33N3O2/c29-18-22-6-4-5-21(15-22)17-27(19-30-25-16-24(25)23-7-2-1-3-8-23)11-13-31(14-12-27)20-28(9-10-28)26(32)33/h1-8,15,24-25,30H,9-14,16-17,19-20H2,(H,32,33)/t24?,25-/m1/s1. The Bertz CT molecular complexity index is 1030. The first-order valence-electron chi connectivity index (χ1n) is 12.2. The van der Waals surface area contributed by atoms with E-state index in [1.807, 2.05) is 18.2 Å². The van der Waals surface area contributed by atoms with E-state index in [0.717, 1.165) is 57.3 Å². The van der Waals surface area contributed by atoms with Crippen LogP contribution in [0.3, 0.4) is 0 Å². The van der Waals surface area contributed by atoms with Gasteiger partial charge in [0, 0.05) is 25.0 Å². The number of hydrogen-bond donors (Lipinski definition) is 2. The molecule has 0 amide bonds. The Kier molecular flexibility index (Phi) is 5.99. The van der Waals surface area contributed by atoms with Gasteiger partial charge < -0.3 is 15.3 Å². The molecule has 3 aliphatic rings. The predicted octanol–water partition coefficient (Wildman–Crippen LogP) is 4.19. The van der Waals surface area contributed by atoms with Crippen molar-refractivity contribution in [1.29, 1.82) is 5.26 Å². The number of nitriles is 1. The first-order chi connectivity index (χ1) is 16.0. The Labute approximate surface area is 196 Å². The summed E-state index contributed by atoms with van der Waals surface area (Å²) in [5, 5.41) is 22.8. The predicted molar refractivity (Wildman–Crippen MR) is 128 cm³/mol. The highest BCUT2D eigenvalue weighted by atomic mass is 16.4. The van der Waals surface area contributed by atoms with E-state index in [1.54, 1.807) is 0 Å². The Hall–Kier alpha value is -2.68. The fourth-order valence-corrected chi connectivity index (χ4v) is 5.64. The summed E-state index contributed by atoms with van der Waals surface area (Å²) in [5.41, 5.74) is 3.01. The summed E-state index contributed by atoms with van der Waals surface area (Å²) in [6, 6.07) is 21.6. The molecule has 0 spiro atoms. The fraction of sp³-hybridized carbons (Fsp3) is 0.500. The lowest BCUT2D eigenvalue weighted by atomic mass is 9.73. The van der Waals surface area contributed by atoms with Gasteiger partial charge in [0.2, 0.25) is 0 Å². The summed E-state index contributed by atoms with van der Waals surface area (Å²) < 4.78 is 0. The molecule has 2 aromatic carbocycles. The Balaban J connectivity index is 1.25. The third kappa shape index (κ3) is 4.98. The number of likely N-dealkylation sites (tertiary alicyclic amines) is 1. The number of nitrogens with zero attached hydrogens (tertiary/aromatic N) is 2. The Morgan fingerprint density at radius 1 is 1.09 bits per heavy atom. The van der Waals surface area contributed by atoms with E-state index in [2.05, 4.69) is 52.7 Å². The van der Waals surface area contributed by atoms with Crippen LogP contribution in [0.5, 0.6) is 0 Å². The van der Waals surface area contributed by atoms with Crippen LogP contribution in [-0.4, -0.2) is 48.2 Å². The van der Waals surface area contributed by atoms with Crippen molar-refractivity contribution >= 4 is 5.97 Å². The molecule has 1 heterocycles. The van der Waals surface area contributed by atoms with Crippen molar-refractivity contribution in [2.75, 3.05) is 26.2 Å². The number of nitrogens with one attached hydrogen (secondary N) is 1. The molecule has 1 unspecified atom stereocenters. The van der Waals surface area contributed by atoms with Crippen LogP contribution >= 0.6 is 0 Å². The van der Waals surface area contributed by atoms with Crippen LogP contribution in [-0.2, 0) is 11.2 Å². The number of piperidine rings is 1. The van der Waals surface area contributed by atoms with Gasteiger partial charge in [0.05, 0.1) is 17.0 Å². The zero-order valence-corrected chi connectivity index (χ0v) is 19.2. The third-order valence-corrected chi connectivity index (χ3v) is 8.14. The molecule has 0 aromatic heterocycles. The van der Waals surface area contributed by atoms with Crippen molar-refractivity contribution < 1.29 is 9.90 Å². The minimum absolute atomic E-state index is 0.133. The molecule has 2 N–H and O–H groups in total. The summed E-state index contributed by atoms with van der Waals surface area (Å²) >= 11 is 0. The third-order valence-electron chi connectivity index (χ3n) is 8.14. The number of carboxylic acid groups (broad SMARTS) is 1. The normalized spacial score (nSPS) is 25.2. The Morgan fingerprint density at radius 2 is 1.85 bits per heavy atom. The molecule has 0 bridgehead atoms. The molecule has 5 heteroatoms. The van der Waals surface area contributed by atoms with Crippen LogP contribution in [0.2, 0.25) is 0 Å². The number of rotatable bonds is 9. The van der Waals surface area contributed by atoms with Crippen LogP contribution < -0.4 is 5.32 Å². The molecule has 1 saturated heterocycles. The zero-order valence-electron chi connectivity index (χ0n) is 19.2. The van der Waals surface area contributed by atoms with Crippen LogP contribution in [0, 0.1) is 22.2 Å². The van der Waals surface area contributed by atoms with Gasteiger partial charge in [-0.3, -0.25) is 4.79 Å². The topological polar surface area (TPSA) is 76.4 Å². The van der Waals surface area contributed by atoms with Crippen LogP contribution in [0.4, 0.5) is 0 Å². The van der Waals surface area contributed by atoms with Crippen LogP contribution in [0.25, 0.3) is 0 Å². The van der Waals surface area contributed by atoms with Crippen molar-refractivity contribution in [1.82, 2.24) is 10.2 Å².